The van der Waals surface area contributed by atoms with Gasteiger partial charge in [-0.3, -0.25) is 0 Å². The first kappa shape index (κ1) is 14.0. The van der Waals surface area contributed by atoms with Crippen LogP contribution in [-0.2, 0) is 0 Å². The van der Waals surface area contributed by atoms with Gasteiger partial charge in [-0.05, 0) is 32.0 Å². The predicted octanol–water partition coefficient (Wildman–Crippen LogP) is 3.32. The first-order valence-corrected chi connectivity index (χ1v) is 7.54. The van der Waals surface area contributed by atoms with Crippen molar-refractivity contribution in [1.29, 1.82) is 0 Å². The maximum absolute atomic E-state index is 4.32. The molecule has 0 saturated heterocycles. The van der Waals surface area contributed by atoms with Crippen molar-refractivity contribution in [3.63, 3.8) is 0 Å². The quantitative estimate of drug-likeness (QED) is 0.786. The molecule has 1 unspecified atom stereocenters. The lowest BCUT2D eigenvalue weighted by atomic mass is 10.2. The van der Waals surface area contributed by atoms with Gasteiger partial charge in [0, 0.05) is 30.9 Å². The van der Waals surface area contributed by atoms with Crippen LogP contribution in [0.4, 0.5) is 5.69 Å². The highest BCUT2D eigenvalue weighted by molar-refractivity contribution is 7.09. The van der Waals surface area contributed by atoms with Crippen molar-refractivity contribution in [3.05, 3.63) is 46.9 Å². The molecule has 2 rings (SSSR count). The minimum atomic E-state index is 0.349. The van der Waals surface area contributed by atoms with Crippen LogP contribution in [0.2, 0.25) is 0 Å². The minimum Gasteiger partial charge on any atom is -0.375 e. The Labute approximate surface area is 119 Å². The SMILES string of the molecule is CC(NCCCN(C)c1ccccc1)c1nccs1. The summed E-state index contributed by atoms with van der Waals surface area (Å²) in [4.78, 5) is 6.61. The van der Waals surface area contributed by atoms with E-state index < -0.39 is 0 Å². The number of benzene rings is 1. The fourth-order valence-corrected chi connectivity index (χ4v) is 2.65. The molecular formula is C15H21N3S. The lowest BCUT2D eigenvalue weighted by Gasteiger charge is -2.19. The molecule has 3 nitrogen and oxygen atoms in total. The number of aromatic nitrogens is 1. The summed E-state index contributed by atoms with van der Waals surface area (Å²) in [6.07, 6.45) is 2.99. The second kappa shape index (κ2) is 7.26. The van der Waals surface area contributed by atoms with Gasteiger partial charge in [-0.1, -0.05) is 18.2 Å². The van der Waals surface area contributed by atoms with E-state index in [0.717, 1.165) is 24.5 Å². The largest absolute Gasteiger partial charge is 0.375 e. The number of nitrogens with one attached hydrogen (secondary N) is 1. The second-order valence-electron chi connectivity index (χ2n) is 4.66. The van der Waals surface area contributed by atoms with Crippen LogP contribution in [0, 0.1) is 0 Å². The highest BCUT2D eigenvalue weighted by atomic mass is 32.1. The van der Waals surface area contributed by atoms with Crippen molar-refractivity contribution in [2.45, 2.75) is 19.4 Å². The lowest BCUT2D eigenvalue weighted by Crippen LogP contribution is -2.25. The van der Waals surface area contributed by atoms with Crippen LogP contribution in [0.25, 0.3) is 0 Å². The van der Waals surface area contributed by atoms with Crippen LogP contribution in [0.3, 0.4) is 0 Å². The molecule has 1 heterocycles. The van der Waals surface area contributed by atoms with Crippen LogP contribution in [0.15, 0.2) is 41.9 Å². The van der Waals surface area contributed by atoms with E-state index in [2.05, 4.69) is 59.5 Å². The molecule has 0 aliphatic heterocycles. The zero-order chi connectivity index (χ0) is 13.5. The fraction of sp³-hybridized carbons (Fsp3) is 0.400. The zero-order valence-electron chi connectivity index (χ0n) is 11.5. The molecule has 1 aromatic carbocycles. The molecule has 0 aliphatic carbocycles. The Morgan fingerprint density at radius 1 is 1.32 bits per heavy atom. The normalized spacial score (nSPS) is 12.3. The van der Waals surface area contributed by atoms with E-state index in [1.165, 1.54) is 5.69 Å². The molecule has 0 radical (unpaired) electrons. The molecule has 1 atom stereocenters. The molecule has 0 amide bonds. The highest BCUT2D eigenvalue weighted by Gasteiger charge is 2.06. The topological polar surface area (TPSA) is 28.2 Å². The molecule has 2 aromatic rings. The van der Waals surface area contributed by atoms with Crippen molar-refractivity contribution in [2.24, 2.45) is 0 Å². The minimum absolute atomic E-state index is 0.349. The maximum Gasteiger partial charge on any atom is 0.109 e. The Morgan fingerprint density at radius 2 is 2.11 bits per heavy atom. The first-order chi connectivity index (χ1) is 9.27. The Morgan fingerprint density at radius 3 is 2.79 bits per heavy atom. The highest BCUT2D eigenvalue weighted by Crippen LogP contribution is 2.14. The fourth-order valence-electron chi connectivity index (χ4n) is 1.98. The number of nitrogens with zero attached hydrogens (tertiary/aromatic N) is 2. The summed E-state index contributed by atoms with van der Waals surface area (Å²) >= 11 is 1.71. The van der Waals surface area contributed by atoms with Gasteiger partial charge < -0.3 is 10.2 Å². The van der Waals surface area contributed by atoms with Gasteiger partial charge in [-0.25, -0.2) is 4.98 Å². The first-order valence-electron chi connectivity index (χ1n) is 6.66. The van der Waals surface area contributed by atoms with E-state index in [9.17, 15) is 0 Å². The van der Waals surface area contributed by atoms with Gasteiger partial charge in [0.1, 0.15) is 5.01 Å². The summed E-state index contributed by atoms with van der Waals surface area (Å²) < 4.78 is 0. The van der Waals surface area contributed by atoms with Crippen LogP contribution in [0.1, 0.15) is 24.4 Å². The van der Waals surface area contributed by atoms with Gasteiger partial charge in [0.2, 0.25) is 0 Å². The molecule has 1 aromatic heterocycles. The summed E-state index contributed by atoms with van der Waals surface area (Å²) in [5, 5.41) is 6.70. The van der Waals surface area contributed by atoms with Crippen molar-refractivity contribution in [3.8, 4) is 0 Å². The summed E-state index contributed by atoms with van der Waals surface area (Å²) in [5.74, 6) is 0. The number of hydrogen-bond donors (Lipinski definition) is 1. The Kier molecular flexibility index (Phi) is 5.36. The lowest BCUT2D eigenvalue weighted by molar-refractivity contribution is 0.556. The van der Waals surface area contributed by atoms with Crippen molar-refractivity contribution < 1.29 is 0 Å². The molecule has 19 heavy (non-hydrogen) atoms. The Hall–Kier alpha value is -1.39. The van der Waals surface area contributed by atoms with Crippen LogP contribution < -0.4 is 10.2 Å². The van der Waals surface area contributed by atoms with Gasteiger partial charge >= 0.3 is 0 Å². The van der Waals surface area contributed by atoms with Crippen LogP contribution >= 0.6 is 11.3 Å². The third-order valence-electron chi connectivity index (χ3n) is 3.14. The molecule has 4 heteroatoms. The van der Waals surface area contributed by atoms with Crippen LogP contribution in [0.5, 0.6) is 0 Å². The van der Waals surface area contributed by atoms with Crippen molar-refractivity contribution in [2.75, 3.05) is 25.0 Å². The van der Waals surface area contributed by atoms with Gasteiger partial charge in [0.15, 0.2) is 0 Å². The number of anilines is 1. The molecule has 0 bridgehead atoms. The second-order valence-corrected chi connectivity index (χ2v) is 5.58. The maximum atomic E-state index is 4.32. The number of para-hydroxylation sites is 1. The van der Waals surface area contributed by atoms with E-state index >= 15 is 0 Å². The van der Waals surface area contributed by atoms with E-state index in [4.69, 9.17) is 0 Å². The third kappa shape index (κ3) is 4.33. The monoisotopic (exact) mass is 275 g/mol. The average molecular weight is 275 g/mol. The standard InChI is InChI=1S/C15H21N3S/c1-13(15-17-10-12-19-15)16-9-6-11-18(2)14-7-4-3-5-8-14/h3-5,7-8,10,12-13,16H,6,9,11H2,1-2H3. The Balaban J connectivity index is 1.67. The summed E-state index contributed by atoms with van der Waals surface area (Å²) in [6.45, 7) is 4.24. The molecule has 0 saturated carbocycles. The van der Waals surface area contributed by atoms with Gasteiger partial charge in [0.25, 0.3) is 0 Å². The molecule has 0 aliphatic rings. The number of rotatable bonds is 7. The van der Waals surface area contributed by atoms with Crippen LogP contribution in [-0.4, -0.2) is 25.1 Å². The predicted molar refractivity (Wildman–Crippen MR) is 82.9 cm³/mol. The van der Waals surface area contributed by atoms with Gasteiger partial charge in [-0.2, -0.15) is 0 Å². The molecule has 0 fully saturated rings. The summed E-state index contributed by atoms with van der Waals surface area (Å²) in [7, 11) is 2.14. The molecule has 0 spiro atoms. The smallest absolute Gasteiger partial charge is 0.109 e. The van der Waals surface area contributed by atoms with E-state index in [1.54, 1.807) is 11.3 Å². The van der Waals surface area contributed by atoms with Gasteiger partial charge in [0.05, 0.1) is 6.04 Å². The third-order valence-corrected chi connectivity index (χ3v) is 4.10. The summed E-state index contributed by atoms with van der Waals surface area (Å²) in [6, 6.07) is 10.8. The van der Waals surface area contributed by atoms with Crippen molar-refractivity contribution >= 4 is 17.0 Å². The number of hydrogen-bond acceptors (Lipinski definition) is 4. The van der Waals surface area contributed by atoms with Gasteiger partial charge in [-0.15, -0.1) is 11.3 Å². The Bertz CT molecular complexity index is 456. The van der Waals surface area contributed by atoms with E-state index in [1.807, 2.05) is 11.6 Å². The average Bonchev–Trinajstić information content (AvgIpc) is 2.98. The van der Waals surface area contributed by atoms with E-state index in [0.29, 0.717) is 6.04 Å². The molecule has 102 valence electrons. The van der Waals surface area contributed by atoms with E-state index in [-0.39, 0.29) is 0 Å². The molecule has 1 N–H and O–H groups in total. The zero-order valence-corrected chi connectivity index (χ0v) is 12.4. The molecular weight excluding hydrogens is 254 g/mol. The summed E-state index contributed by atoms with van der Waals surface area (Å²) in [5.41, 5.74) is 1.27. The number of thiazole rings is 1. The van der Waals surface area contributed by atoms with Crippen molar-refractivity contribution in [1.82, 2.24) is 10.3 Å².